The van der Waals surface area contributed by atoms with Crippen LogP contribution in [0.3, 0.4) is 0 Å². The van der Waals surface area contributed by atoms with Crippen molar-refractivity contribution < 1.29 is 4.79 Å². The number of rotatable bonds is 3. The van der Waals surface area contributed by atoms with Crippen LogP contribution in [-0.2, 0) is 0 Å². The maximum atomic E-state index is 11.5. The molecule has 92 valence electrons. The molecule has 0 aliphatic carbocycles. The van der Waals surface area contributed by atoms with Crippen molar-refractivity contribution in [3.63, 3.8) is 0 Å². The van der Waals surface area contributed by atoms with E-state index >= 15 is 0 Å². The molecule has 1 aromatic carbocycles. The molecule has 0 spiro atoms. The number of nitrogens with one attached hydrogen (secondary N) is 2. The normalized spacial score (nSPS) is 11.2. The van der Waals surface area contributed by atoms with Crippen molar-refractivity contribution in [3.8, 4) is 0 Å². The Bertz CT molecular complexity index is 444. The number of hydrogen-bond donors (Lipinski definition) is 2. The Kier molecular flexibility index (Phi) is 5.32. The van der Waals surface area contributed by atoms with Crippen LogP contribution >= 0.6 is 23.2 Å². The second kappa shape index (κ2) is 6.52. The van der Waals surface area contributed by atoms with Gasteiger partial charge in [-0.1, -0.05) is 35.7 Å². The lowest BCUT2D eigenvalue weighted by atomic mass is 10.3. The summed E-state index contributed by atoms with van der Waals surface area (Å²) in [6, 6.07) is 4.56. The topological polar surface area (TPSA) is 41.1 Å². The molecule has 0 radical (unpaired) electrons. The molecule has 0 aliphatic rings. The van der Waals surface area contributed by atoms with E-state index in [0.29, 0.717) is 15.7 Å². The predicted molar refractivity (Wildman–Crippen MR) is 72.7 cm³/mol. The highest BCUT2D eigenvalue weighted by Gasteiger charge is 2.04. The number of halogens is 2. The Morgan fingerprint density at radius 3 is 2.71 bits per heavy atom. The van der Waals surface area contributed by atoms with Crippen molar-refractivity contribution in [3.05, 3.63) is 40.0 Å². The number of urea groups is 1. The van der Waals surface area contributed by atoms with Crippen LogP contribution in [0.15, 0.2) is 30.0 Å². The molecule has 3 nitrogen and oxygen atoms in total. The molecule has 2 amide bonds. The molecular weight excluding hydrogens is 259 g/mol. The van der Waals surface area contributed by atoms with Crippen LogP contribution in [0.5, 0.6) is 0 Å². The Balaban J connectivity index is 2.62. The van der Waals surface area contributed by atoms with Crippen LogP contribution in [0.1, 0.15) is 20.3 Å². The van der Waals surface area contributed by atoms with Gasteiger partial charge in [-0.3, -0.25) is 0 Å². The molecule has 1 aromatic rings. The SMILES string of the molecule is CC/C(C)=C/NC(=O)Nc1ccc(Cl)cc1Cl. The van der Waals surface area contributed by atoms with Gasteiger partial charge in [0.15, 0.2) is 0 Å². The van der Waals surface area contributed by atoms with Crippen molar-refractivity contribution in [1.29, 1.82) is 0 Å². The standard InChI is InChI=1S/C12H14Cl2N2O/c1-3-8(2)7-15-12(17)16-11-5-4-9(13)6-10(11)14/h4-7H,3H2,1-2H3,(H2,15,16,17)/b8-7+. The highest BCUT2D eigenvalue weighted by atomic mass is 35.5. The number of anilines is 1. The van der Waals surface area contributed by atoms with Crippen LogP contribution < -0.4 is 10.6 Å². The third-order valence-corrected chi connectivity index (χ3v) is 2.73. The van der Waals surface area contributed by atoms with Gasteiger partial charge in [-0.15, -0.1) is 0 Å². The van der Waals surface area contributed by atoms with Gasteiger partial charge in [-0.25, -0.2) is 4.79 Å². The number of carbonyl (C=O) groups is 1. The van der Waals surface area contributed by atoms with Crippen molar-refractivity contribution >= 4 is 34.9 Å². The second-order valence-corrected chi connectivity index (χ2v) is 4.41. The lowest BCUT2D eigenvalue weighted by Crippen LogP contribution is -2.24. The first-order valence-electron chi connectivity index (χ1n) is 5.21. The van der Waals surface area contributed by atoms with Crippen molar-refractivity contribution in [1.82, 2.24) is 5.32 Å². The van der Waals surface area contributed by atoms with Crippen LogP contribution in [0, 0.1) is 0 Å². The van der Waals surface area contributed by atoms with Gasteiger partial charge in [0.2, 0.25) is 0 Å². The Morgan fingerprint density at radius 2 is 2.12 bits per heavy atom. The van der Waals surface area contributed by atoms with Gasteiger partial charge < -0.3 is 10.6 Å². The maximum absolute atomic E-state index is 11.5. The van der Waals surface area contributed by atoms with Crippen LogP contribution in [-0.4, -0.2) is 6.03 Å². The largest absolute Gasteiger partial charge is 0.323 e. The van der Waals surface area contributed by atoms with E-state index in [1.165, 1.54) is 0 Å². The van der Waals surface area contributed by atoms with Gasteiger partial charge in [0, 0.05) is 11.2 Å². The summed E-state index contributed by atoms with van der Waals surface area (Å²) in [6.07, 6.45) is 2.56. The van der Waals surface area contributed by atoms with Crippen LogP contribution in [0.4, 0.5) is 10.5 Å². The first kappa shape index (κ1) is 13.9. The Morgan fingerprint density at radius 1 is 1.41 bits per heavy atom. The molecule has 0 unspecified atom stereocenters. The van der Waals surface area contributed by atoms with Gasteiger partial charge in [0.1, 0.15) is 0 Å². The number of hydrogen-bond acceptors (Lipinski definition) is 1. The third-order valence-electron chi connectivity index (χ3n) is 2.19. The van der Waals surface area contributed by atoms with E-state index in [1.54, 1.807) is 24.4 Å². The highest BCUT2D eigenvalue weighted by Crippen LogP contribution is 2.25. The van der Waals surface area contributed by atoms with Crippen LogP contribution in [0.25, 0.3) is 0 Å². The van der Waals surface area contributed by atoms with E-state index in [-0.39, 0.29) is 6.03 Å². The number of allylic oxidation sites excluding steroid dienone is 1. The summed E-state index contributed by atoms with van der Waals surface area (Å²) in [7, 11) is 0. The molecule has 2 N–H and O–H groups in total. The van der Waals surface area contributed by atoms with E-state index in [9.17, 15) is 4.79 Å². The number of amides is 2. The van der Waals surface area contributed by atoms with Crippen molar-refractivity contribution in [2.75, 3.05) is 5.32 Å². The Labute approximate surface area is 111 Å². The fourth-order valence-electron chi connectivity index (χ4n) is 1.04. The monoisotopic (exact) mass is 272 g/mol. The fraction of sp³-hybridized carbons (Fsp3) is 0.250. The molecule has 0 aliphatic heterocycles. The summed E-state index contributed by atoms with van der Waals surface area (Å²) in [5, 5.41) is 6.19. The van der Waals surface area contributed by atoms with Gasteiger partial charge >= 0.3 is 6.03 Å². The predicted octanol–water partition coefficient (Wildman–Crippen LogP) is 4.43. The quantitative estimate of drug-likeness (QED) is 0.840. The molecule has 17 heavy (non-hydrogen) atoms. The highest BCUT2D eigenvalue weighted by molar-refractivity contribution is 6.36. The van der Waals surface area contributed by atoms with Crippen LogP contribution in [0.2, 0.25) is 10.0 Å². The van der Waals surface area contributed by atoms with Crippen molar-refractivity contribution in [2.45, 2.75) is 20.3 Å². The fourth-order valence-corrected chi connectivity index (χ4v) is 1.50. The van der Waals surface area contributed by atoms with Gasteiger partial charge in [0.05, 0.1) is 10.7 Å². The average molecular weight is 273 g/mol. The van der Waals surface area contributed by atoms with Crippen molar-refractivity contribution in [2.24, 2.45) is 0 Å². The minimum atomic E-state index is -0.331. The smallest absolute Gasteiger partial charge is 0.314 e. The Hall–Kier alpha value is -1.19. The summed E-state index contributed by atoms with van der Waals surface area (Å²) in [4.78, 5) is 11.5. The molecule has 0 saturated heterocycles. The third kappa shape index (κ3) is 4.67. The minimum absolute atomic E-state index is 0.331. The average Bonchev–Trinajstić information content (AvgIpc) is 2.29. The summed E-state index contributed by atoms with van der Waals surface area (Å²) in [5.74, 6) is 0. The summed E-state index contributed by atoms with van der Waals surface area (Å²) in [5.41, 5.74) is 1.61. The molecule has 0 heterocycles. The van der Waals surface area contributed by atoms with E-state index < -0.39 is 0 Å². The zero-order valence-electron chi connectivity index (χ0n) is 9.68. The van der Waals surface area contributed by atoms with E-state index in [1.807, 2.05) is 13.8 Å². The lowest BCUT2D eigenvalue weighted by Gasteiger charge is -2.07. The molecular formula is C12H14Cl2N2O. The summed E-state index contributed by atoms with van der Waals surface area (Å²) in [6.45, 7) is 3.96. The molecule has 0 aromatic heterocycles. The lowest BCUT2D eigenvalue weighted by molar-refractivity contribution is 0.255. The van der Waals surface area contributed by atoms with Gasteiger partial charge in [0.25, 0.3) is 0 Å². The first-order valence-corrected chi connectivity index (χ1v) is 5.96. The molecule has 1 rings (SSSR count). The zero-order valence-corrected chi connectivity index (χ0v) is 11.2. The zero-order chi connectivity index (χ0) is 12.8. The van der Waals surface area contributed by atoms with E-state index in [4.69, 9.17) is 23.2 Å². The van der Waals surface area contributed by atoms with Gasteiger partial charge in [-0.05, 0) is 31.5 Å². The summed E-state index contributed by atoms with van der Waals surface area (Å²) >= 11 is 11.7. The first-order chi connectivity index (χ1) is 8.02. The van der Waals surface area contributed by atoms with E-state index in [0.717, 1.165) is 12.0 Å². The maximum Gasteiger partial charge on any atom is 0.323 e. The minimum Gasteiger partial charge on any atom is -0.314 e. The summed E-state index contributed by atoms with van der Waals surface area (Å²) < 4.78 is 0. The molecule has 5 heteroatoms. The second-order valence-electron chi connectivity index (χ2n) is 3.57. The molecule has 0 saturated carbocycles. The number of carbonyl (C=O) groups excluding carboxylic acids is 1. The van der Waals surface area contributed by atoms with Gasteiger partial charge in [-0.2, -0.15) is 0 Å². The molecule has 0 bridgehead atoms. The van der Waals surface area contributed by atoms with E-state index in [2.05, 4.69) is 10.6 Å². The number of benzene rings is 1. The molecule has 0 fully saturated rings. The molecule has 0 atom stereocenters.